The maximum atomic E-state index is 9.54. The second-order valence-corrected chi connectivity index (χ2v) is 4.85. The van der Waals surface area contributed by atoms with E-state index in [4.69, 9.17) is 4.74 Å². The number of nitriles is 1. The van der Waals surface area contributed by atoms with Gasteiger partial charge in [-0.05, 0) is 6.92 Å². The number of benzene rings is 2. The second-order valence-electron chi connectivity index (χ2n) is 4.85. The van der Waals surface area contributed by atoms with Gasteiger partial charge in [0.2, 0.25) is 5.88 Å². The van der Waals surface area contributed by atoms with E-state index in [0.717, 1.165) is 11.1 Å². The van der Waals surface area contributed by atoms with Crippen LogP contribution in [0.15, 0.2) is 60.7 Å². The van der Waals surface area contributed by atoms with Crippen LogP contribution in [0.4, 0.5) is 0 Å². The van der Waals surface area contributed by atoms with Crippen molar-refractivity contribution >= 4 is 0 Å². The van der Waals surface area contributed by atoms with Gasteiger partial charge in [0.1, 0.15) is 11.6 Å². The molecule has 2 aromatic carbocycles. The van der Waals surface area contributed by atoms with E-state index in [1.807, 2.05) is 67.6 Å². The van der Waals surface area contributed by atoms with Gasteiger partial charge < -0.3 is 4.74 Å². The zero-order chi connectivity index (χ0) is 16.1. The molecule has 0 N–H and O–H groups in total. The Hall–Kier alpha value is -3.19. The topological polar surface area (TPSA) is 58.8 Å². The van der Waals surface area contributed by atoms with E-state index in [1.165, 1.54) is 0 Å². The molecular formula is C19H15N3O. The first-order valence-electron chi connectivity index (χ1n) is 7.39. The molecule has 3 rings (SSSR count). The zero-order valence-corrected chi connectivity index (χ0v) is 12.7. The fraction of sp³-hybridized carbons (Fsp3) is 0.105. The van der Waals surface area contributed by atoms with E-state index in [-0.39, 0.29) is 0 Å². The first-order valence-corrected chi connectivity index (χ1v) is 7.39. The Kier molecular flexibility index (Phi) is 4.30. The lowest BCUT2D eigenvalue weighted by Crippen LogP contribution is -2.03. The molecule has 0 bridgehead atoms. The van der Waals surface area contributed by atoms with Crippen molar-refractivity contribution in [1.82, 2.24) is 9.97 Å². The number of hydrogen-bond acceptors (Lipinski definition) is 4. The number of aromatic nitrogens is 2. The minimum absolute atomic E-state index is 0.322. The molecule has 112 valence electrons. The molecule has 1 aromatic heterocycles. The molecule has 0 atom stereocenters. The van der Waals surface area contributed by atoms with Gasteiger partial charge in [-0.25, -0.2) is 4.98 Å². The van der Waals surface area contributed by atoms with Crippen LogP contribution >= 0.6 is 0 Å². The van der Waals surface area contributed by atoms with E-state index < -0.39 is 0 Å². The third-order valence-corrected chi connectivity index (χ3v) is 3.35. The lowest BCUT2D eigenvalue weighted by molar-refractivity contribution is 0.326. The maximum Gasteiger partial charge on any atom is 0.236 e. The van der Waals surface area contributed by atoms with Crippen LogP contribution in [0.2, 0.25) is 0 Å². The second kappa shape index (κ2) is 6.71. The van der Waals surface area contributed by atoms with Crippen LogP contribution < -0.4 is 4.74 Å². The Bertz CT molecular complexity index is 840. The lowest BCUT2D eigenvalue weighted by Gasteiger charge is -2.11. The molecule has 0 saturated heterocycles. The highest BCUT2D eigenvalue weighted by atomic mass is 16.5. The summed E-state index contributed by atoms with van der Waals surface area (Å²) in [7, 11) is 0. The third-order valence-electron chi connectivity index (χ3n) is 3.35. The molecule has 1 heterocycles. The molecule has 0 unspecified atom stereocenters. The van der Waals surface area contributed by atoms with Crippen molar-refractivity contribution in [2.24, 2.45) is 0 Å². The normalized spacial score (nSPS) is 10.1. The van der Waals surface area contributed by atoms with Crippen LogP contribution in [0.5, 0.6) is 5.88 Å². The molecule has 0 aliphatic rings. The highest BCUT2D eigenvalue weighted by molar-refractivity contribution is 5.72. The predicted molar refractivity (Wildman–Crippen MR) is 88.8 cm³/mol. The van der Waals surface area contributed by atoms with Crippen LogP contribution in [0.1, 0.15) is 12.5 Å². The predicted octanol–water partition coefficient (Wildman–Crippen LogP) is 4.08. The van der Waals surface area contributed by atoms with Gasteiger partial charge in [0.05, 0.1) is 12.3 Å². The summed E-state index contributed by atoms with van der Waals surface area (Å²) in [5, 5.41) is 9.54. The van der Waals surface area contributed by atoms with Crippen LogP contribution in [0.3, 0.4) is 0 Å². The summed E-state index contributed by atoms with van der Waals surface area (Å²) >= 11 is 0. The van der Waals surface area contributed by atoms with Crippen LogP contribution in [-0.2, 0) is 0 Å². The smallest absolute Gasteiger partial charge is 0.236 e. The minimum atomic E-state index is 0.322. The Balaban J connectivity index is 2.25. The van der Waals surface area contributed by atoms with E-state index in [1.54, 1.807) is 0 Å². The van der Waals surface area contributed by atoms with Gasteiger partial charge in [-0.2, -0.15) is 10.2 Å². The summed E-state index contributed by atoms with van der Waals surface area (Å²) in [6, 6.07) is 21.5. The van der Waals surface area contributed by atoms with Gasteiger partial charge in [0.15, 0.2) is 5.82 Å². The molecule has 4 nitrogen and oxygen atoms in total. The minimum Gasteiger partial charge on any atom is -0.477 e. The van der Waals surface area contributed by atoms with Crippen LogP contribution in [-0.4, -0.2) is 16.6 Å². The SMILES string of the molecule is CCOc1nc(-c2ccccc2)nc(-c2ccccc2)c1C#N. The standard InChI is InChI=1S/C19H15N3O/c1-2-23-19-16(13-20)17(14-9-5-3-6-10-14)21-18(22-19)15-11-7-4-8-12-15/h3-12H,2H2,1H3. The van der Waals surface area contributed by atoms with E-state index >= 15 is 0 Å². The summed E-state index contributed by atoms with van der Waals surface area (Å²) < 4.78 is 5.58. The van der Waals surface area contributed by atoms with Gasteiger partial charge in [0, 0.05) is 11.1 Å². The van der Waals surface area contributed by atoms with Crippen LogP contribution in [0.25, 0.3) is 22.6 Å². The summed E-state index contributed by atoms with van der Waals surface area (Å²) in [6.45, 7) is 2.31. The van der Waals surface area contributed by atoms with Gasteiger partial charge in [-0.3, -0.25) is 0 Å². The zero-order valence-electron chi connectivity index (χ0n) is 12.7. The van der Waals surface area contributed by atoms with Crippen molar-refractivity contribution in [1.29, 1.82) is 5.26 Å². The molecule has 0 saturated carbocycles. The third kappa shape index (κ3) is 3.04. The van der Waals surface area contributed by atoms with E-state index in [0.29, 0.717) is 29.6 Å². The fourth-order valence-electron chi connectivity index (χ4n) is 2.30. The summed E-state index contributed by atoms with van der Waals surface area (Å²) in [4.78, 5) is 9.05. The molecule has 0 spiro atoms. The van der Waals surface area contributed by atoms with E-state index in [9.17, 15) is 5.26 Å². The first kappa shape index (κ1) is 14.7. The largest absolute Gasteiger partial charge is 0.477 e. The average molecular weight is 301 g/mol. The number of rotatable bonds is 4. The first-order chi connectivity index (χ1) is 11.3. The van der Waals surface area contributed by atoms with Crippen molar-refractivity contribution in [3.05, 3.63) is 66.2 Å². The van der Waals surface area contributed by atoms with E-state index in [2.05, 4.69) is 16.0 Å². The van der Waals surface area contributed by atoms with Crippen molar-refractivity contribution in [2.45, 2.75) is 6.92 Å². The van der Waals surface area contributed by atoms with Gasteiger partial charge >= 0.3 is 0 Å². The van der Waals surface area contributed by atoms with Gasteiger partial charge in [-0.15, -0.1) is 0 Å². The highest BCUT2D eigenvalue weighted by Gasteiger charge is 2.17. The van der Waals surface area contributed by atoms with Crippen LogP contribution in [0, 0.1) is 11.3 Å². The molecule has 0 fully saturated rings. The van der Waals surface area contributed by atoms with Crippen molar-refractivity contribution in [2.75, 3.05) is 6.61 Å². The number of hydrogen-bond donors (Lipinski definition) is 0. The Morgan fingerprint density at radius 3 is 2.09 bits per heavy atom. The molecule has 4 heteroatoms. The highest BCUT2D eigenvalue weighted by Crippen LogP contribution is 2.30. The maximum absolute atomic E-state index is 9.54. The summed E-state index contributed by atoms with van der Waals surface area (Å²) in [5.41, 5.74) is 2.70. The number of ether oxygens (including phenoxy) is 1. The Morgan fingerprint density at radius 2 is 1.52 bits per heavy atom. The monoisotopic (exact) mass is 301 g/mol. The number of nitrogens with zero attached hydrogens (tertiary/aromatic N) is 3. The van der Waals surface area contributed by atoms with Crippen molar-refractivity contribution in [3.63, 3.8) is 0 Å². The van der Waals surface area contributed by atoms with Crippen molar-refractivity contribution < 1.29 is 4.74 Å². The van der Waals surface area contributed by atoms with Gasteiger partial charge in [0.25, 0.3) is 0 Å². The Labute approximate surface area is 135 Å². The lowest BCUT2D eigenvalue weighted by atomic mass is 10.1. The summed E-state index contributed by atoms with van der Waals surface area (Å²) in [6.07, 6.45) is 0. The molecular weight excluding hydrogens is 286 g/mol. The van der Waals surface area contributed by atoms with Gasteiger partial charge in [-0.1, -0.05) is 60.7 Å². The molecule has 0 aliphatic heterocycles. The molecule has 3 aromatic rings. The molecule has 23 heavy (non-hydrogen) atoms. The Morgan fingerprint density at radius 1 is 0.913 bits per heavy atom. The summed E-state index contributed by atoms with van der Waals surface area (Å²) in [5.74, 6) is 0.870. The molecule has 0 aliphatic carbocycles. The quantitative estimate of drug-likeness (QED) is 0.728. The van der Waals surface area contributed by atoms with Crippen molar-refractivity contribution in [3.8, 4) is 34.6 Å². The average Bonchev–Trinajstić information content (AvgIpc) is 2.63. The molecule has 0 radical (unpaired) electrons. The molecule has 0 amide bonds. The fourth-order valence-corrected chi connectivity index (χ4v) is 2.30.